The molecule has 0 aliphatic heterocycles. The number of halogens is 1. The van der Waals surface area contributed by atoms with Crippen LogP contribution in [0.3, 0.4) is 0 Å². The summed E-state index contributed by atoms with van der Waals surface area (Å²) in [6, 6.07) is 14.2. The molecule has 1 aliphatic rings. The zero-order valence-corrected chi connectivity index (χ0v) is 13.3. The first-order chi connectivity index (χ1) is 10.6. The van der Waals surface area contributed by atoms with Crippen LogP contribution in [0.5, 0.6) is 0 Å². The van der Waals surface area contributed by atoms with E-state index in [1.807, 2.05) is 36.6 Å². The Morgan fingerprint density at radius 2 is 1.95 bits per heavy atom. The molecule has 0 unspecified atom stereocenters. The Labute approximate surface area is 134 Å². The molecule has 0 radical (unpaired) electrons. The minimum absolute atomic E-state index is 0.0393. The molecule has 2 aromatic rings. The molecular formula is C18H18FNOS. The number of hydrogen-bond donors (Lipinski definition) is 1. The normalized spacial score (nSPS) is 15.9. The molecule has 1 aliphatic carbocycles. The van der Waals surface area contributed by atoms with Crippen molar-refractivity contribution in [3.63, 3.8) is 0 Å². The number of carbonyl (C=O) groups is 1. The van der Waals surface area contributed by atoms with Gasteiger partial charge in [-0.1, -0.05) is 24.6 Å². The molecule has 0 aromatic heterocycles. The van der Waals surface area contributed by atoms with Gasteiger partial charge in [0.2, 0.25) is 5.91 Å². The molecule has 4 heteroatoms. The third-order valence-electron chi connectivity index (χ3n) is 4.35. The fraction of sp³-hybridized carbons (Fsp3) is 0.278. The summed E-state index contributed by atoms with van der Waals surface area (Å²) in [4.78, 5) is 13.9. The van der Waals surface area contributed by atoms with Gasteiger partial charge in [0.25, 0.3) is 0 Å². The quantitative estimate of drug-likeness (QED) is 0.835. The highest BCUT2D eigenvalue weighted by atomic mass is 32.2. The number of amides is 1. The topological polar surface area (TPSA) is 29.1 Å². The predicted octanol–water partition coefficient (Wildman–Crippen LogP) is 4.61. The van der Waals surface area contributed by atoms with Crippen molar-refractivity contribution in [2.45, 2.75) is 29.6 Å². The van der Waals surface area contributed by atoms with E-state index in [0.29, 0.717) is 0 Å². The maximum Gasteiger partial charge on any atom is 0.235 e. The maximum absolute atomic E-state index is 13.5. The third-order valence-corrected chi connectivity index (χ3v) is 5.07. The molecule has 1 fully saturated rings. The van der Waals surface area contributed by atoms with Crippen molar-refractivity contribution in [3.05, 3.63) is 59.9 Å². The van der Waals surface area contributed by atoms with Crippen LogP contribution in [0.15, 0.2) is 53.4 Å². The van der Waals surface area contributed by atoms with Crippen LogP contribution in [0.25, 0.3) is 0 Å². The maximum atomic E-state index is 13.5. The number of hydrogen-bond acceptors (Lipinski definition) is 2. The van der Waals surface area contributed by atoms with E-state index in [2.05, 4.69) is 5.32 Å². The summed E-state index contributed by atoms with van der Waals surface area (Å²) >= 11 is 1.63. The number of carbonyl (C=O) groups excluding carboxylic acids is 1. The van der Waals surface area contributed by atoms with Crippen molar-refractivity contribution in [2.24, 2.45) is 0 Å². The van der Waals surface area contributed by atoms with Crippen LogP contribution in [-0.2, 0) is 10.2 Å². The van der Waals surface area contributed by atoms with Gasteiger partial charge in [0.1, 0.15) is 5.82 Å². The molecule has 114 valence electrons. The summed E-state index contributed by atoms with van der Waals surface area (Å²) in [5.41, 5.74) is 0.981. The lowest BCUT2D eigenvalue weighted by Gasteiger charge is -2.40. The van der Waals surface area contributed by atoms with Gasteiger partial charge in [0, 0.05) is 10.6 Å². The minimum atomic E-state index is -0.586. The van der Waals surface area contributed by atoms with Crippen LogP contribution in [-0.4, -0.2) is 12.2 Å². The van der Waals surface area contributed by atoms with E-state index in [1.54, 1.807) is 17.8 Å². The van der Waals surface area contributed by atoms with E-state index in [1.165, 1.54) is 12.1 Å². The second-order valence-electron chi connectivity index (χ2n) is 5.63. The monoisotopic (exact) mass is 315 g/mol. The fourth-order valence-electron chi connectivity index (χ4n) is 2.91. The average molecular weight is 315 g/mol. The van der Waals surface area contributed by atoms with Gasteiger partial charge in [-0.3, -0.25) is 4.79 Å². The van der Waals surface area contributed by atoms with Crippen molar-refractivity contribution >= 4 is 23.4 Å². The summed E-state index contributed by atoms with van der Waals surface area (Å²) in [5, 5.41) is 3.00. The highest BCUT2D eigenvalue weighted by Gasteiger charge is 2.45. The molecule has 0 atom stereocenters. The van der Waals surface area contributed by atoms with Crippen LogP contribution >= 0.6 is 11.8 Å². The molecule has 1 amide bonds. The van der Waals surface area contributed by atoms with E-state index in [0.717, 1.165) is 35.4 Å². The molecule has 22 heavy (non-hydrogen) atoms. The Kier molecular flexibility index (Phi) is 4.21. The fourth-order valence-corrected chi connectivity index (χ4v) is 3.37. The molecule has 3 rings (SSSR count). The summed E-state index contributed by atoms with van der Waals surface area (Å²) in [7, 11) is 0. The third kappa shape index (κ3) is 2.75. The molecule has 1 N–H and O–H groups in total. The predicted molar refractivity (Wildman–Crippen MR) is 88.8 cm³/mol. The summed E-state index contributed by atoms with van der Waals surface area (Å²) in [5.74, 6) is -0.330. The highest BCUT2D eigenvalue weighted by Crippen LogP contribution is 2.44. The highest BCUT2D eigenvalue weighted by molar-refractivity contribution is 7.98. The standard InChI is InChI=1S/C18H18FNOS/c1-22-16-8-3-7-15(12-16)20-17(21)18(9-4-10-18)13-5-2-6-14(19)11-13/h2-3,5-8,11-12H,4,9-10H2,1H3,(H,20,21). The average Bonchev–Trinajstić information content (AvgIpc) is 2.46. The number of rotatable bonds is 4. The molecule has 1 saturated carbocycles. The van der Waals surface area contributed by atoms with Gasteiger partial charge in [-0.25, -0.2) is 4.39 Å². The van der Waals surface area contributed by atoms with Gasteiger partial charge >= 0.3 is 0 Å². The Bertz CT molecular complexity index is 697. The molecule has 0 saturated heterocycles. The van der Waals surface area contributed by atoms with Crippen LogP contribution in [0.2, 0.25) is 0 Å². The SMILES string of the molecule is CSc1cccc(NC(=O)C2(c3cccc(F)c3)CCC2)c1. The van der Waals surface area contributed by atoms with Gasteiger partial charge in [-0.15, -0.1) is 11.8 Å². The molecule has 0 bridgehead atoms. The Hall–Kier alpha value is -1.81. The molecule has 0 heterocycles. The van der Waals surface area contributed by atoms with Crippen molar-refractivity contribution < 1.29 is 9.18 Å². The first-order valence-corrected chi connectivity index (χ1v) is 8.58. The van der Waals surface area contributed by atoms with E-state index in [4.69, 9.17) is 0 Å². The number of anilines is 1. The Morgan fingerprint density at radius 1 is 1.18 bits per heavy atom. The summed E-state index contributed by atoms with van der Waals surface area (Å²) < 4.78 is 13.5. The van der Waals surface area contributed by atoms with Crippen LogP contribution < -0.4 is 5.32 Å². The van der Waals surface area contributed by atoms with Crippen molar-refractivity contribution in [1.29, 1.82) is 0 Å². The summed E-state index contributed by atoms with van der Waals surface area (Å²) in [6.45, 7) is 0. The summed E-state index contributed by atoms with van der Waals surface area (Å²) in [6.07, 6.45) is 4.53. The Balaban J connectivity index is 1.85. The second-order valence-corrected chi connectivity index (χ2v) is 6.51. The van der Waals surface area contributed by atoms with Gasteiger partial charge < -0.3 is 5.32 Å². The largest absolute Gasteiger partial charge is 0.325 e. The van der Waals surface area contributed by atoms with E-state index >= 15 is 0 Å². The van der Waals surface area contributed by atoms with Crippen molar-refractivity contribution in [3.8, 4) is 0 Å². The van der Waals surface area contributed by atoms with Crippen LogP contribution in [0, 0.1) is 5.82 Å². The lowest BCUT2D eigenvalue weighted by molar-refractivity contribution is -0.124. The first-order valence-electron chi connectivity index (χ1n) is 7.36. The number of nitrogens with one attached hydrogen (secondary N) is 1. The van der Waals surface area contributed by atoms with Gasteiger partial charge in [0.15, 0.2) is 0 Å². The Morgan fingerprint density at radius 3 is 2.59 bits per heavy atom. The van der Waals surface area contributed by atoms with E-state index < -0.39 is 5.41 Å². The second kappa shape index (κ2) is 6.13. The molecule has 2 aromatic carbocycles. The van der Waals surface area contributed by atoms with E-state index in [9.17, 15) is 9.18 Å². The minimum Gasteiger partial charge on any atom is -0.325 e. The van der Waals surface area contributed by atoms with Gasteiger partial charge in [0.05, 0.1) is 5.41 Å². The number of benzene rings is 2. The van der Waals surface area contributed by atoms with Gasteiger partial charge in [-0.05, 0) is 55.0 Å². The zero-order chi connectivity index (χ0) is 15.6. The van der Waals surface area contributed by atoms with Crippen molar-refractivity contribution in [2.75, 3.05) is 11.6 Å². The zero-order valence-electron chi connectivity index (χ0n) is 12.4. The molecular weight excluding hydrogens is 297 g/mol. The lowest BCUT2D eigenvalue weighted by Crippen LogP contribution is -2.46. The number of thioether (sulfide) groups is 1. The first kappa shape index (κ1) is 15.1. The smallest absolute Gasteiger partial charge is 0.235 e. The van der Waals surface area contributed by atoms with Crippen LogP contribution in [0.4, 0.5) is 10.1 Å². The van der Waals surface area contributed by atoms with Crippen LogP contribution in [0.1, 0.15) is 24.8 Å². The van der Waals surface area contributed by atoms with Gasteiger partial charge in [-0.2, -0.15) is 0 Å². The van der Waals surface area contributed by atoms with Crippen molar-refractivity contribution in [1.82, 2.24) is 0 Å². The molecule has 0 spiro atoms. The molecule has 2 nitrogen and oxygen atoms in total. The van der Waals surface area contributed by atoms with E-state index in [-0.39, 0.29) is 11.7 Å². The lowest BCUT2D eigenvalue weighted by atomic mass is 9.63.